The van der Waals surface area contributed by atoms with Crippen LogP contribution in [0, 0.1) is 0 Å². The lowest BCUT2D eigenvalue weighted by Gasteiger charge is -2.32. The second kappa shape index (κ2) is 6.29. The van der Waals surface area contributed by atoms with E-state index in [0.29, 0.717) is 32.7 Å². The second-order valence-electron chi connectivity index (χ2n) is 3.77. The predicted molar refractivity (Wildman–Crippen MR) is 62.4 cm³/mol. The first kappa shape index (κ1) is 14.4. The molecule has 1 aliphatic heterocycles. The molecule has 1 amide bonds. The Kier molecular flexibility index (Phi) is 5.31. The Morgan fingerprint density at radius 1 is 1.29 bits per heavy atom. The molecule has 0 aromatic carbocycles. The molecule has 8 heteroatoms. The molecule has 0 bridgehead atoms. The smallest absolute Gasteiger partial charge is 0.277 e. The van der Waals surface area contributed by atoms with E-state index in [1.807, 2.05) is 6.92 Å². The molecule has 1 heterocycles. The van der Waals surface area contributed by atoms with Gasteiger partial charge in [0, 0.05) is 32.8 Å². The lowest BCUT2D eigenvalue weighted by atomic mass is 10.3. The SMILES string of the molecule is CCOCCC(=O)N1CCN(S(N)(=O)=O)CC1. The molecule has 2 N–H and O–H groups in total. The normalized spacial score (nSPS) is 18.4. The van der Waals surface area contributed by atoms with Gasteiger partial charge in [-0.1, -0.05) is 0 Å². The van der Waals surface area contributed by atoms with Crippen molar-refractivity contribution in [3.8, 4) is 0 Å². The Bertz CT molecular complexity index is 349. The van der Waals surface area contributed by atoms with Crippen molar-refractivity contribution in [2.75, 3.05) is 39.4 Å². The maximum atomic E-state index is 11.7. The van der Waals surface area contributed by atoms with Crippen molar-refractivity contribution >= 4 is 16.1 Å². The number of nitrogens with two attached hydrogens (primary N) is 1. The van der Waals surface area contributed by atoms with Crippen LogP contribution >= 0.6 is 0 Å². The molecule has 0 aliphatic carbocycles. The fraction of sp³-hybridized carbons (Fsp3) is 0.889. The van der Waals surface area contributed by atoms with Gasteiger partial charge in [0.05, 0.1) is 13.0 Å². The fourth-order valence-electron chi connectivity index (χ4n) is 1.65. The molecule has 1 rings (SSSR count). The van der Waals surface area contributed by atoms with Crippen molar-refractivity contribution in [2.24, 2.45) is 5.14 Å². The number of carbonyl (C=O) groups excluding carboxylic acids is 1. The van der Waals surface area contributed by atoms with Crippen LogP contribution in [0.25, 0.3) is 0 Å². The van der Waals surface area contributed by atoms with Gasteiger partial charge in [-0.15, -0.1) is 0 Å². The summed E-state index contributed by atoms with van der Waals surface area (Å²) >= 11 is 0. The molecule has 17 heavy (non-hydrogen) atoms. The van der Waals surface area contributed by atoms with Gasteiger partial charge in [-0.2, -0.15) is 12.7 Å². The van der Waals surface area contributed by atoms with Gasteiger partial charge in [-0.05, 0) is 6.92 Å². The van der Waals surface area contributed by atoms with Gasteiger partial charge in [0.25, 0.3) is 10.2 Å². The molecular weight excluding hydrogens is 246 g/mol. The Hall–Kier alpha value is -0.700. The molecule has 1 fully saturated rings. The molecule has 0 spiro atoms. The van der Waals surface area contributed by atoms with Crippen LogP contribution in [0.1, 0.15) is 13.3 Å². The summed E-state index contributed by atoms with van der Waals surface area (Å²) in [5, 5.41) is 5.00. The summed E-state index contributed by atoms with van der Waals surface area (Å²) in [6.07, 6.45) is 0.337. The minimum Gasteiger partial charge on any atom is -0.381 e. The second-order valence-corrected chi connectivity index (χ2v) is 5.32. The van der Waals surface area contributed by atoms with E-state index < -0.39 is 10.2 Å². The van der Waals surface area contributed by atoms with Crippen molar-refractivity contribution in [1.82, 2.24) is 9.21 Å². The predicted octanol–water partition coefficient (Wildman–Crippen LogP) is -1.24. The van der Waals surface area contributed by atoms with E-state index in [9.17, 15) is 13.2 Å². The van der Waals surface area contributed by atoms with Gasteiger partial charge in [0.1, 0.15) is 0 Å². The number of piperazine rings is 1. The van der Waals surface area contributed by atoms with E-state index in [2.05, 4.69) is 0 Å². The molecule has 0 unspecified atom stereocenters. The molecule has 0 aromatic heterocycles. The van der Waals surface area contributed by atoms with Gasteiger partial charge in [0.2, 0.25) is 5.91 Å². The van der Waals surface area contributed by atoms with Crippen molar-refractivity contribution in [3.63, 3.8) is 0 Å². The van der Waals surface area contributed by atoms with Crippen LogP contribution in [0.5, 0.6) is 0 Å². The van der Waals surface area contributed by atoms with Gasteiger partial charge in [-0.3, -0.25) is 4.79 Å². The van der Waals surface area contributed by atoms with Crippen molar-refractivity contribution in [3.05, 3.63) is 0 Å². The molecule has 0 aromatic rings. The van der Waals surface area contributed by atoms with E-state index >= 15 is 0 Å². The minimum atomic E-state index is -3.63. The Morgan fingerprint density at radius 2 is 1.88 bits per heavy atom. The highest BCUT2D eigenvalue weighted by Gasteiger charge is 2.25. The summed E-state index contributed by atoms with van der Waals surface area (Å²) in [4.78, 5) is 13.3. The van der Waals surface area contributed by atoms with Crippen LogP contribution in [0.2, 0.25) is 0 Å². The van der Waals surface area contributed by atoms with Crippen LogP contribution in [-0.4, -0.2) is 62.9 Å². The molecule has 0 atom stereocenters. The molecular formula is C9H19N3O4S. The van der Waals surface area contributed by atoms with Crippen LogP contribution in [-0.2, 0) is 19.7 Å². The summed E-state index contributed by atoms with van der Waals surface area (Å²) in [7, 11) is -3.63. The maximum absolute atomic E-state index is 11.7. The topological polar surface area (TPSA) is 92.9 Å². The van der Waals surface area contributed by atoms with Crippen LogP contribution < -0.4 is 5.14 Å². The first-order valence-corrected chi connectivity index (χ1v) is 7.09. The molecule has 1 aliphatic rings. The third-order valence-corrected chi connectivity index (χ3v) is 3.70. The lowest BCUT2D eigenvalue weighted by molar-refractivity contribution is -0.133. The summed E-state index contributed by atoms with van der Waals surface area (Å²) in [6, 6.07) is 0. The number of hydrogen-bond acceptors (Lipinski definition) is 4. The first-order chi connectivity index (χ1) is 7.95. The van der Waals surface area contributed by atoms with E-state index in [4.69, 9.17) is 9.88 Å². The van der Waals surface area contributed by atoms with Crippen molar-refractivity contribution in [1.29, 1.82) is 0 Å². The van der Waals surface area contributed by atoms with Crippen LogP contribution in [0.15, 0.2) is 0 Å². The third kappa shape index (κ3) is 4.58. The number of rotatable bonds is 5. The van der Waals surface area contributed by atoms with Crippen LogP contribution in [0.4, 0.5) is 0 Å². The fourth-order valence-corrected chi connectivity index (χ4v) is 2.33. The zero-order chi connectivity index (χ0) is 12.9. The summed E-state index contributed by atoms with van der Waals surface area (Å²) < 4.78 is 28.4. The highest BCUT2D eigenvalue weighted by molar-refractivity contribution is 7.86. The quantitative estimate of drug-likeness (QED) is 0.629. The number of hydrogen-bond donors (Lipinski definition) is 1. The Morgan fingerprint density at radius 3 is 2.35 bits per heavy atom. The molecule has 0 radical (unpaired) electrons. The number of carbonyl (C=O) groups is 1. The monoisotopic (exact) mass is 265 g/mol. The van der Waals surface area contributed by atoms with E-state index in [1.165, 1.54) is 4.31 Å². The zero-order valence-corrected chi connectivity index (χ0v) is 10.8. The first-order valence-electron chi connectivity index (χ1n) is 5.58. The molecule has 0 saturated carbocycles. The van der Waals surface area contributed by atoms with Crippen molar-refractivity contribution < 1.29 is 17.9 Å². The lowest BCUT2D eigenvalue weighted by Crippen LogP contribution is -2.52. The van der Waals surface area contributed by atoms with Crippen LogP contribution in [0.3, 0.4) is 0 Å². The molecule has 7 nitrogen and oxygen atoms in total. The minimum absolute atomic E-state index is 0.00693. The largest absolute Gasteiger partial charge is 0.381 e. The average Bonchev–Trinajstić information content (AvgIpc) is 2.28. The third-order valence-electron chi connectivity index (χ3n) is 2.62. The van der Waals surface area contributed by atoms with Gasteiger partial charge < -0.3 is 9.64 Å². The average molecular weight is 265 g/mol. The van der Waals surface area contributed by atoms with Gasteiger partial charge in [0.15, 0.2) is 0 Å². The zero-order valence-electron chi connectivity index (χ0n) is 9.96. The summed E-state index contributed by atoms with van der Waals surface area (Å²) in [6.45, 7) is 4.17. The summed E-state index contributed by atoms with van der Waals surface area (Å²) in [5.74, 6) is -0.00693. The number of amides is 1. The van der Waals surface area contributed by atoms with E-state index in [0.717, 1.165) is 0 Å². The Balaban J connectivity index is 2.34. The highest BCUT2D eigenvalue weighted by atomic mass is 32.2. The van der Waals surface area contributed by atoms with E-state index in [-0.39, 0.29) is 19.0 Å². The van der Waals surface area contributed by atoms with E-state index in [1.54, 1.807) is 4.90 Å². The molecule has 1 saturated heterocycles. The standard InChI is InChI=1S/C9H19N3O4S/c1-2-16-8-3-9(13)11-4-6-12(7-5-11)17(10,14)15/h2-8H2,1H3,(H2,10,14,15). The van der Waals surface area contributed by atoms with Crippen molar-refractivity contribution in [2.45, 2.75) is 13.3 Å². The molecule has 100 valence electrons. The number of nitrogens with zero attached hydrogens (tertiary/aromatic N) is 2. The number of ether oxygens (including phenoxy) is 1. The van der Waals surface area contributed by atoms with Gasteiger partial charge >= 0.3 is 0 Å². The van der Waals surface area contributed by atoms with Gasteiger partial charge in [-0.25, -0.2) is 5.14 Å². The summed E-state index contributed by atoms with van der Waals surface area (Å²) in [5.41, 5.74) is 0. The Labute approximate surface area is 102 Å². The highest BCUT2D eigenvalue weighted by Crippen LogP contribution is 2.06. The maximum Gasteiger partial charge on any atom is 0.277 e.